The molecular formula is C85H130O17P2. The maximum Gasteiger partial charge on any atom is 0.472 e. The highest BCUT2D eigenvalue weighted by Gasteiger charge is 2.30. The van der Waals surface area contributed by atoms with Gasteiger partial charge in [-0.05, 0) is 148 Å². The molecule has 0 saturated carbocycles. The van der Waals surface area contributed by atoms with Crippen molar-refractivity contribution in [2.45, 2.75) is 251 Å². The SMILES string of the molecule is CC/C=C\C/C=C\C/C=C\C/C=C\C/C=C\C/C=C\CCC(=O)OCC(COP(=O)(O)OCC(O)COP(=O)(O)OCC(COC(=O)C/C=C\C/C=C\C/C=C\C/C=C\C/C=C\CC)OC(=O)CCCCCCC/C=C\CCCC)OC(=O)CC/C=C\C/C=C\C/C=C\C/C=C\C/C=C\C/C=C\CC. The summed E-state index contributed by atoms with van der Waals surface area (Å²) in [5, 5.41) is 10.6. The van der Waals surface area contributed by atoms with Crippen molar-refractivity contribution in [2.75, 3.05) is 39.6 Å². The lowest BCUT2D eigenvalue weighted by atomic mass is 10.1. The van der Waals surface area contributed by atoms with Crippen molar-refractivity contribution in [3.8, 4) is 0 Å². The van der Waals surface area contributed by atoms with E-state index in [1.54, 1.807) is 6.08 Å². The fourth-order valence-electron chi connectivity index (χ4n) is 8.79. The number of unbranched alkanes of at least 4 members (excludes halogenated alkanes) is 7. The van der Waals surface area contributed by atoms with Crippen LogP contribution in [0.5, 0.6) is 0 Å². The van der Waals surface area contributed by atoms with Gasteiger partial charge in [0, 0.05) is 19.3 Å². The van der Waals surface area contributed by atoms with Crippen molar-refractivity contribution < 1.29 is 80.2 Å². The molecule has 0 aromatic heterocycles. The zero-order chi connectivity index (χ0) is 76.0. The molecule has 0 aromatic carbocycles. The van der Waals surface area contributed by atoms with Gasteiger partial charge in [0.25, 0.3) is 0 Å². The van der Waals surface area contributed by atoms with Gasteiger partial charge in [-0.2, -0.15) is 0 Å². The smallest absolute Gasteiger partial charge is 0.462 e. The molecule has 104 heavy (non-hydrogen) atoms. The topological polar surface area (TPSA) is 237 Å². The number of hydrogen-bond donors (Lipinski definition) is 3. The first kappa shape index (κ1) is 97.4. The van der Waals surface area contributed by atoms with Crippen LogP contribution < -0.4 is 0 Å². The van der Waals surface area contributed by atoms with Gasteiger partial charge in [-0.1, -0.05) is 279 Å². The number of phosphoric acid groups is 2. The number of allylic oxidation sites excluding steroid dienone is 35. The van der Waals surface area contributed by atoms with Crippen LogP contribution in [0.4, 0.5) is 0 Å². The molecule has 17 nitrogen and oxygen atoms in total. The summed E-state index contributed by atoms with van der Waals surface area (Å²) in [4.78, 5) is 72.7. The Morgan fingerprint density at radius 3 is 0.913 bits per heavy atom. The normalized spacial score (nSPS) is 15.1. The minimum atomic E-state index is -5.03. The summed E-state index contributed by atoms with van der Waals surface area (Å²) in [6.45, 7) is 4.12. The second-order valence-corrected chi connectivity index (χ2v) is 27.0. The average molecular weight is 1490 g/mol. The minimum absolute atomic E-state index is 0.00829. The molecule has 0 aliphatic carbocycles. The summed E-state index contributed by atoms with van der Waals surface area (Å²) in [5.41, 5.74) is 0. The molecule has 0 fully saturated rings. The molecule has 5 atom stereocenters. The molecule has 3 N–H and O–H groups in total. The van der Waals surface area contributed by atoms with Gasteiger partial charge in [0.1, 0.15) is 19.3 Å². The molecule has 0 radical (unpaired) electrons. The van der Waals surface area contributed by atoms with E-state index in [2.05, 4.69) is 186 Å². The van der Waals surface area contributed by atoms with Crippen molar-refractivity contribution in [3.05, 3.63) is 219 Å². The lowest BCUT2D eigenvalue weighted by Crippen LogP contribution is -2.30. The van der Waals surface area contributed by atoms with Gasteiger partial charge in [-0.3, -0.25) is 37.3 Å². The Kier molecular flexibility index (Phi) is 69.9. The van der Waals surface area contributed by atoms with Gasteiger partial charge < -0.3 is 33.8 Å². The number of esters is 4. The van der Waals surface area contributed by atoms with Crippen LogP contribution in [0.3, 0.4) is 0 Å². The van der Waals surface area contributed by atoms with Gasteiger partial charge in [0.15, 0.2) is 12.2 Å². The predicted octanol–water partition coefficient (Wildman–Crippen LogP) is 22.1. The quantitative estimate of drug-likeness (QED) is 0.0169. The van der Waals surface area contributed by atoms with Gasteiger partial charge in [-0.15, -0.1) is 0 Å². The van der Waals surface area contributed by atoms with E-state index in [0.29, 0.717) is 38.5 Å². The third-order valence-electron chi connectivity index (χ3n) is 14.5. The molecule has 0 amide bonds. The van der Waals surface area contributed by atoms with E-state index in [1.165, 1.54) is 6.42 Å². The Morgan fingerprint density at radius 1 is 0.288 bits per heavy atom. The first-order valence-electron chi connectivity index (χ1n) is 38.0. The second-order valence-electron chi connectivity index (χ2n) is 24.1. The molecular weight excluding hydrogens is 1350 g/mol. The lowest BCUT2D eigenvalue weighted by molar-refractivity contribution is -0.161. The molecule has 0 aromatic rings. The van der Waals surface area contributed by atoms with Crippen molar-refractivity contribution >= 4 is 39.5 Å². The van der Waals surface area contributed by atoms with Crippen LogP contribution in [-0.2, 0) is 65.4 Å². The van der Waals surface area contributed by atoms with Crippen molar-refractivity contribution in [2.24, 2.45) is 0 Å². The zero-order valence-corrected chi connectivity index (χ0v) is 65.1. The third kappa shape index (κ3) is 73.7. The maximum absolute atomic E-state index is 13.1. The van der Waals surface area contributed by atoms with Crippen LogP contribution in [0.25, 0.3) is 0 Å². The summed E-state index contributed by atoms with van der Waals surface area (Å²) in [6.07, 6.45) is 94.3. The van der Waals surface area contributed by atoms with Crippen molar-refractivity contribution in [1.82, 2.24) is 0 Å². The number of carbonyl (C=O) groups is 4. The Hall–Kier alpha value is -6.62. The Morgan fingerprint density at radius 2 is 0.558 bits per heavy atom. The zero-order valence-electron chi connectivity index (χ0n) is 63.3. The van der Waals surface area contributed by atoms with Gasteiger partial charge in [0.2, 0.25) is 0 Å². The molecule has 0 saturated heterocycles. The van der Waals surface area contributed by atoms with E-state index in [1.807, 2.05) is 54.7 Å². The number of phosphoric ester groups is 2. The predicted molar refractivity (Wildman–Crippen MR) is 426 cm³/mol. The molecule has 5 unspecified atom stereocenters. The van der Waals surface area contributed by atoms with E-state index >= 15 is 0 Å². The third-order valence-corrected chi connectivity index (χ3v) is 16.4. The highest BCUT2D eigenvalue weighted by atomic mass is 31.2. The highest BCUT2D eigenvalue weighted by Crippen LogP contribution is 2.45. The summed E-state index contributed by atoms with van der Waals surface area (Å²) >= 11 is 0. The number of rotatable bonds is 68. The molecule has 0 rings (SSSR count). The monoisotopic (exact) mass is 1480 g/mol. The van der Waals surface area contributed by atoms with Crippen molar-refractivity contribution in [1.29, 1.82) is 0 Å². The number of ether oxygens (including phenoxy) is 4. The number of hydrogen-bond acceptors (Lipinski definition) is 15. The van der Waals surface area contributed by atoms with E-state index in [0.717, 1.165) is 135 Å². The number of aliphatic hydroxyl groups excluding tert-OH is 1. The molecule has 0 bridgehead atoms. The average Bonchev–Trinajstić information content (AvgIpc) is 0.928. The van der Waals surface area contributed by atoms with Crippen LogP contribution in [0, 0.1) is 0 Å². The van der Waals surface area contributed by atoms with Gasteiger partial charge >= 0.3 is 39.5 Å². The maximum atomic E-state index is 13.1. The summed E-state index contributed by atoms with van der Waals surface area (Å²) in [5.74, 6) is -2.56. The molecule has 582 valence electrons. The number of carbonyl (C=O) groups excluding carboxylic acids is 4. The van der Waals surface area contributed by atoms with E-state index in [4.69, 9.17) is 37.0 Å². The van der Waals surface area contributed by atoms with Crippen LogP contribution in [0.1, 0.15) is 233 Å². The highest BCUT2D eigenvalue weighted by molar-refractivity contribution is 7.47. The molecule has 0 aliphatic rings. The molecule has 0 heterocycles. The Bertz CT molecular complexity index is 2840. The molecule has 0 aliphatic heterocycles. The first-order valence-corrected chi connectivity index (χ1v) is 41.0. The van der Waals surface area contributed by atoms with Crippen LogP contribution in [0.15, 0.2) is 219 Å². The minimum Gasteiger partial charge on any atom is -0.462 e. The molecule has 19 heteroatoms. The van der Waals surface area contributed by atoms with Crippen LogP contribution in [0.2, 0.25) is 0 Å². The molecule has 0 spiro atoms. The lowest BCUT2D eigenvalue weighted by Gasteiger charge is -2.21. The van der Waals surface area contributed by atoms with Gasteiger partial charge in [-0.25, -0.2) is 9.13 Å². The largest absolute Gasteiger partial charge is 0.472 e. The first-order chi connectivity index (χ1) is 50.7. The van der Waals surface area contributed by atoms with E-state index in [9.17, 15) is 43.2 Å². The Balaban J connectivity index is 5.58. The summed E-state index contributed by atoms with van der Waals surface area (Å²) in [6, 6.07) is 0. The standard InChI is InChI=1S/C85H130O17P2/c1-5-9-13-17-21-25-29-32-35-37-39-41-44-47-51-54-58-62-66-70-83(88)96-76-81(102-85(90)72-68-64-60-56-52-48-45-42-40-38-36-33-30-26-22-18-14-10-6-2)78-100-104(93,94)98-74-79(86)73-97-103(91,92)99-77-80(101-84(89)71-67-63-59-55-49-28-24-20-16-12-8-4)75-95-82(87)69-65-61-57-53-50-46-43-34-31-27-23-19-15-11-7-3/h9-11,13-15,20-27,32-36,39-43,47-48,50-53,58,60-62,64-65,79-81,86H,5-8,12,16-19,28-31,37-38,44-46,49,54-57,59,63,66-78H2,1-4H3,(H,91,92)(H,93,94)/b13-9-,14-10-,15-11-,24-20-,25-21-,26-22-,27-23-,35-32-,36-33-,41-39-,42-40-,43-34-,51-47-,52-48-,53-50-,62-58-,64-60-,65-61-. The van der Waals surface area contributed by atoms with Gasteiger partial charge in [0.05, 0.1) is 32.8 Å². The van der Waals surface area contributed by atoms with Crippen LogP contribution in [-0.4, -0.2) is 96.7 Å². The van der Waals surface area contributed by atoms with E-state index < -0.39 is 97.5 Å². The fraction of sp³-hybridized carbons (Fsp3) is 0.529. The van der Waals surface area contributed by atoms with Crippen LogP contribution >= 0.6 is 15.6 Å². The Labute approximate surface area is 626 Å². The summed E-state index contributed by atoms with van der Waals surface area (Å²) < 4.78 is 68.1. The summed E-state index contributed by atoms with van der Waals surface area (Å²) in [7, 11) is -10.0. The second kappa shape index (κ2) is 74.6. The fourth-order valence-corrected chi connectivity index (χ4v) is 10.4. The van der Waals surface area contributed by atoms with E-state index in [-0.39, 0.29) is 25.7 Å². The van der Waals surface area contributed by atoms with Crippen molar-refractivity contribution in [3.63, 3.8) is 0 Å². The number of aliphatic hydroxyl groups is 1.